The number of aromatic nitrogens is 2. The number of alkyl halides is 3. The van der Waals surface area contributed by atoms with E-state index in [1.807, 2.05) is 0 Å². The second kappa shape index (κ2) is 8.49. The molecule has 0 amide bonds. The molecule has 0 radical (unpaired) electrons. The molecule has 0 aliphatic carbocycles. The molecule has 2 heterocycles. The maximum absolute atomic E-state index is 12.4. The van der Waals surface area contributed by atoms with Crippen molar-refractivity contribution in [3.05, 3.63) is 64.6 Å². The van der Waals surface area contributed by atoms with Gasteiger partial charge in [0.25, 0.3) is 0 Å². The number of pyridine rings is 1. The Morgan fingerprint density at radius 1 is 1.23 bits per heavy atom. The predicted molar refractivity (Wildman–Crippen MR) is 104 cm³/mol. The Hall–Kier alpha value is -3.23. The minimum atomic E-state index is -4.86. The van der Waals surface area contributed by atoms with Gasteiger partial charge in [0.15, 0.2) is 9.84 Å². The number of hydrogen-bond acceptors (Lipinski definition) is 5. The van der Waals surface area contributed by atoms with Crippen LogP contribution in [-0.2, 0) is 20.4 Å². The molecule has 0 unspecified atom stereocenters. The number of carboxylic acids is 1. The highest BCUT2D eigenvalue weighted by Crippen LogP contribution is 2.23. The lowest BCUT2D eigenvalue weighted by Gasteiger charge is -2.08. The van der Waals surface area contributed by atoms with Gasteiger partial charge in [-0.05, 0) is 36.3 Å². The lowest BCUT2D eigenvalue weighted by Crippen LogP contribution is -2.17. The van der Waals surface area contributed by atoms with Crippen molar-refractivity contribution in [2.45, 2.75) is 12.1 Å². The quantitative estimate of drug-likeness (QED) is 0.572. The smallest absolute Gasteiger partial charge is 0.480 e. The van der Waals surface area contributed by atoms with Crippen molar-refractivity contribution >= 4 is 33.1 Å². The van der Waals surface area contributed by atoms with Crippen molar-refractivity contribution in [3.8, 4) is 17.6 Å². The third-order valence-corrected chi connectivity index (χ3v) is 5.37. The van der Waals surface area contributed by atoms with Crippen LogP contribution in [-0.4, -0.2) is 41.0 Å². The number of rotatable bonds is 5. The summed E-state index contributed by atoms with van der Waals surface area (Å²) in [6, 6.07) is 7.96. The fraction of sp³-hybridized carbons (Fsp3) is 0.158. The summed E-state index contributed by atoms with van der Waals surface area (Å²) in [5.74, 6) is 1.56. The highest BCUT2D eigenvalue weighted by Gasteiger charge is 2.31. The Morgan fingerprint density at radius 3 is 2.65 bits per heavy atom. The largest absolute Gasteiger partial charge is 0.573 e. The lowest BCUT2D eigenvalue weighted by molar-refractivity contribution is -0.274. The van der Waals surface area contributed by atoms with Crippen LogP contribution in [0, 0.1) is 11.8 Å². The third kappa shape index (κ3) is 6.13. The summed E-state index contributed by atoms with van der Waals surface area (Å²) in [5.41, 5.74) is 0.564. The van der Waals surface area contributed by atoms with E-state index in [2.05, 4.69) is 21.6 Å². The first-order chi connectivity index (χ1) is 14.4. The highest BCUT2D eigenvalue weighted by molar-refractivity contribution is 7.91. The average molecular weight is 473 g/mol. The van der Waals surface area contributed by atoms with Crippen LogP contribution in [0.2, 0.25) is 5.02 Å². The van der Waals surface area contributed by atoms with Gasteiger partial charge in [-0.1, -0.05) is 23.6 Å². The van der Waals surface area contributed by atoms with E-state index in [9.17, 15) is 26.4 Å². The molecule has 0 bridgehead atoms. The molecule has 0 saturated heterocycles. The van der Waals surface area contributed by atoms with Crippen LogP contribution in [0.4, 0.5) is 13.2 Å². The van der Waals surface area contributed by atoms with Gasteiger partial charge in [-0.2, -0.15) is 0 Å². The molecular formula is C19H12ClF3N2O5S. The van der Waals surface area contributed by atoms with Gasteiger partial charge in [-0.3, -0.25) is 9.20 Å². The zero-order valence-electron chi connectivity index (χ0n) is 15.4. The van der Waals surface area contributed by atoms with Gasteiger partial charge in [0.05, 0.1) is 16.5 Å². The molecule has 7 nitrogen and oxygen atoms in total. The van der Waals surface area contributed by atoms with Crippen LogP contribution in [0.15, 0.2) is 42.6 Å². The van der Waals surface area contributed by atoms with Crippen molar-refractivity contribution in [3.63, 3.8) is 0 Å². The van der Waals surface area contributed by atoms with E-state index in [1.54, 1.807) is 0 Å². The fourth-order valence-corrected chi connectivity index (χ4v) is 3.91. The van der Waals surface area contributed by atoms with Crippen LogP contribution in [0.25, 0.3) is 5.65 Å². The Morgan fingerprint density at radius 2 is 1.97 bits per heavy atom. The van der Waals surface area contributed by atoms with Gasteiger partial charge in [0.2, 0.25) is 0 Å². The van der Waals surface area contributed by atoms with E-state index >= 15 is 0 Å². The van der Waals surface area contributed by atoms with Crippen LogP contribution in [0.1, 0.15) is 17.0 Å². The van der Waals surface area contributed by atoms with Crippen LogP contribution in [0.3, 0.4) is 0 Å². The number of nitrogens with zero attached hydrogens (tertiary/aromatic N) is 2. The molecule has 0 atom stereocenters. The second-order valence-electron chi connectivity index (χ2n) is 6.23. The molecule has 12 heteroatoms. The number of sulfone groups is 1. The predicted octanol–water partition coefficient (Wildman–Crippen LogP) is 3.29. The van der Waals surface area contributed by atoms with Gasteiger partial charge in [0, 0.05) is 11.8 Å². The van der Waals surface area contributed by atoms with E-state index in [1.165, 1.54) is 34.9 Å². The van der Waals surface area contributed by atoms with Gasteiger partial charge in [-0.15, -0.1) is 13.2 Å². The molecule has 0 fully saturated rings. The van der Waals surface area contributed by atoms with Gasteiger partial charge in [0.1, 0.15) is 22.8 Å². The maximum atomic E-state index is 12.4. The molecule has 162 valence electrons. The van der Waals surface area contributed by atoms with E-state index in [4.69, 9.17) is 16.7 Å². The summed E-state index contributed by atoms with van der Waals surface area (Å²) in [7, 11) is -4.05. The molecule has 31 heavy (non-hydrogen) atoms. The number of benzene rings is 1. The zero-order chi connectivity index (χ0) is 22.8. The average Bonchev–Trinajstić information content (AvgIpc) is 2.93. The number of fused-ring (bicyclic) bond motifs is 1. The molecule has 2 aromatic heterocycles. The molecule has 3 aromatic rings. The summed E-state index contributed by atoms with van der Waals surface area (Å²) in [5, 5.41) is 9.09. The number of carbonyl (C=O) groups is 1. The molecule has 0 aliphatic rings. The molecule has 3 rings (SSSR count). The third-order valence-electron chi connectivity index (χ3n) is 3.75. The van der Waals surface area contributed by atoms with Crippen molar-refractivity contribution in [1.29, 1.82) is 0 Å². The Kier molecular flexibility index (Phi) is 6.15. The lowest BCUT2D eigenvalue weighted by atomic mass is 10.2. The first-order valence-corrected chi connectivity index (χ1v) is 10.6. The number of aliphatic carboxylic acids is 1. The van der Waals surface area contributed by atoms with Crippen LogP contribution < -0.4 is 4.74 Å². The normalized spacial score (nSPS) is 11.7. The zero-order valence-corrected chi connectivity index (χ0v) is 16.9. The number of hydrogen-bond donors (Lipinski definition) is 1. The summed E-state index contributed by atoms with van der Waals surface area (Å²) < 4.78 is 66.8. The van der Waals surface area contributed by atoms with Crippen molar-refractivity contribution < 1.29 is 36.2 Å². The summed E-state index contributed by atoms with van der Waals surface area (Å²) in [6.07, 6.45) is -3.43. The van der Waals surface area contributed by atoms with E-state index in [0.29, 0.717) is 10.7 Å². The van der Waals surface area contributed by atoms with Gasteiger partial charge < -0.3 is 9.84 Å². The van der Waals surface area contributed by atoms with Crippen molar-refractivity contribution in [2.75, 3.05) is 5.75 Å². The number of halogens is 4. The summed E-state index contributed by atoms with van der Waals surface area (Å²) >= 11 is 5.99. The van der Waals surface area contributed by atoms with Gasteiger partial charge >= 0.3 is 12.3 Å². The van der Waals surface area contributed by atoms with E-state index in [0.717, 1.165) is 12.1 Å². The Labute approximate surface area is 179 Å². The SMILES string of the molecule is O=C(O)CS(=O)(=O)Cc1nc2ccc(Cl)cn2c1C#Cc1cccc(OC(F)(F)F)c1. The highest BCUT2D eigenvalue weighted by atomic mass is 35.5. The van der Waals surface area contributed by atoms with E-state index < -0.39 is 39.4 Å². The van der Waals surface area contributed by atoms with Crippen molar-refractivity contribution in [2.24, 2.45) is 0 Å². The van der Waals surface area contributed by atoms with Crippen molar-refractivity contribution in [1.82, 2.24) is 9.38 Å². The number of ether oxygens (including phenoxy) is 1. The van der Waals surface area contributed by atoms with Crippen LogP contribution in [0.5, 0.6) is 5.75 Å². The fourth-order valence-electron chi connectivity index (χ4n) is 2.65. The second-order valence-corrected chi connectivity index (χ2v) is 8.74. The molecule has 1 N–H and O–H groups in total. The first-order valence-electron chi connectivity index (χ1n) is 8.38. The molecular weight excluding hydrogens is 461 g/mol. The minimum Gasteiger partial charge on any atom is -0.480 e. The molecule has 1 aromatic carbocycles. The summed E-state index contributed by atoms with van der Waals surface area (Å²) in [6.45, 7) is 0. The molecule has 0 spiro atoms. The first kappa shape index (κ1) is 22.5. The summed E-state index contributed by atoms with van der Waals surface area (Å²) in [4.78, 5) is 15.0. The van der Waals surface area contributed by atoms with Gasteiger partial charge in [-0.25, -0.2) is 13.4 Å². The standard InChI is InChI=1S/C19H12ClF3N2O5S/c20-13-5-7-17-24-15(10-31(28,29)11-18(26)27)16(25(17)9-13)6-4-12-2-1-3-14(8-12)30-19(21,22)23/h1-3,5,7-9H,10-11H2,(H,26,27). The van der Waals surface area contributed by atoms with E-state index in [-0.39, 0.29) is 17.0 Å². The molecule has 0 aliphatic heterocycles. The minimum absolute atomic E-state index is 0.0151. The number of imidazole rings is 1. The number of carboxylic acid groups (broad SMARTS) is 1. The maximum Gasteiger partial charge on any atom is 0.573 e. The topological polar surface area (TPSA) is 98.0 Å². The Balaban J connectivity index is 2.05. The monoisotopic (exact) mass is 472 g/mol. The molecule has 0 saturated carbocycles. The van der Waals surface area contributed by atoms with Crippen LogP contribution >= 0.6 is 11.6 Å². The Bertz CT molecular complexity index is 1320.